The van der Waals surface area contributed by atoms with Gasteiger partial charge in [0, 0.05) is 6.20 Å². The maximum Gasteiger partial charge on any atom is 0.338 e. The number of pyridine rings is 2. The molecule has 8 heteroatoms. The van der Waals surface area contributed by atoms with Gasteiger partial charge in [0.15, 0.2) is 0 Å². The Labute approximate surface area is 144 Å². The maximum atomic E-state index is 11.0. The van der Waals surface area contributed by atoms with Crippen LogP contribution in [0.25, 0.3) is 0 Å². The fourth-order valence-corrected chi connectivity index (χ4v) is 4.10. The Bertz CT molecular complexity index is 681. The summed E-state index contributed by atoms with van der Waals surface area (Å²) in [5.41, 5.74) is 5.10. The first-order chi connectivity index (χ1) is 10.3. The molecule has 0 aliphatic heterocycles. The molecule has 2 aromatic heterocycles. The number of thiol groups is 2. The number of rotatable bonds is 3. The summed E-state index contributed by atoms with van der Waals surface area (Å²) in [5, 5.41) is 8.54. The molecule has 0 radical (unpaired) electrons. The van der Waals surface area contributed by atoms with Crippen LogP contribution in [0.3, 0.4) is 0 Å². The summed E-state index contributed by atoms with van der Waals surface area (Å²) < 4.78 is 0.963. The molecule has 0 saturated carbocycles. The van der Waals surface area contributed by atoms with Crippen molar-refractivity contribution in [3.63, 3.8) is 0 Å². The van der Waals surface area contributed by atoms with Gasteiger partial charge in [0.1, 0.15) is 5.03 Å². The van der Waals surface area contributed by atoms with Crippen LogP contribution in [0.15, 0.2) is 41.7 Å². The third-order valence-corrected chi connectivity index (χ3v) is 5.58. The number of hydrogen-bond donors (Lipinski definition) is 3. The van der Waals surface area contributed by atoms with Gasteiger partial charge < -0.3 is 5.11 Å². The fraction of sp³-hybridized carbons (Fsp3) is 0.143. The van der Waals surface area contributed by atoms with Crippen LogP contribution in [-0.4, -0.2) is 40.8 Å². The average Bonchev–Trinajstić information content (AvgIpc) is 2.48. The number of carboxylic acid groups (broad SMARTS) is 1. The molecule has 1 N–H and O–H groups in total. The van der Waals surface area contributed by atoms with E-state index in [9.17, 15) is 9.59 Å². The molecule has 2 aromatic rings. The standard InChI is InChI=1S/C8H10AsNOS.C6H5NO2S/c1-9(2)7-6(8(11)12)4-3-5-10-7;8-6(9)4-2-1-3-7-5(4)10/h3-5H,1-2H3,(H,11,12);1-3H,(H,7,10)(H,8,9). The van der Waals surface area contributed by atoms with Gasteiger partial charge in [-0.25, -0.2) is 9.78 Å². The number of carbonyl (C=O) groups excluding carboxylic acids is 1. The Morgan fingerprint density at radius 3 is 2.00 bits per heavy atom. The molecule has 5 nitrogen and oxygen atoms in total. The molecule has 22 heavy (non-hydrogen) atoms. The molecule has 0 amide bonds. The summed E-state index contributed by atoms with van der Waals surface area (Å²) in [7, 11) is 0. The second kappa shape index (κ2) is 8.98. The predicted octanol–water partition coefficient (Wildman–Crippen LogP) is 2.18. The molecule has 2 heterocycles. The molecular weight excluding hydrogens is 383 g/mol. The van der Waals surface area contributed by atoms with Crippen molar-refractivity contribution >= 4 is 55.5 Å². The van der Waals surface area contributed by atoms with E-state index in [1.807, 2.05) is 0 Å². The largest absolute Gasteiger partial charge is 0.478 e. The van der Waals surface area contributed by atoms with Crippen LogP contribution in [0, 0.1) is 0 Å². The van der Waals surface area contributed by atoms with E-state index in [0.29, 0.717) is 5.56 Å². The van der Waals surface area contributed by atoms with Crippen LogP contribution in [0.4, 0.5) is 0 Å². The number of aromatic nitrogens is 2. The van der Waals surface area contributed by atoms with Gasteiger partial charge in [-0.1, -0.05) is 0 Å². The van der Waals surface area contributed by atoms with Gasteiger partial charge in [-0.05, 0) is 12.1 Å². The minimum Gasteiger partial charge on any atom is -0.478 e. The second-order valence-electron chi connectivity index (χ2n) is 4.25. The van der Waals surface area contributed by atoms with E-state index in [2.05, 4.69) is 46.6 Å². The number of nitrogens with zero attached hydrogens (tertiary/aromatic N) is 2. The van der Waals surface area contributed by atoms with Crippen LogP contribution in [0.1, 0.15) is 20.7 Å². The Kier molecular flexibility index (Phi) is 7.65. The number of carboxylic acids is 1. The Morgan fingerprint density at radius 1 is 1.09 bits per heavy atom. The minimum atomic E-state index is -1.07. The van der Waals surface area contributed by atoms with Crippen molar-refractivity contribution in [2.75, 3.05) is 0 Å². The molecule has 0 unspecified atom stereocenters. The molecule has 0 aromatic carbocycles. The summed E-state index contributed by atoms with van der Waals surface area (Å²) in [6.07, 6.45) is 3.22. The van der Waals surface area contributed by atoms with Gasteiger partial charge in [0.05, 0.1) is 5.56 Å². The van der Waals surface area contributed by atoms with Gasteiger partial charge >= 0.3 is 87.9 Å². The van der Waals surface area contributed by atoms with Crippen LogP contribution in [-0.2, 0) is 0 Å². The summed E-state index contributed by atoms with van der Waals surface area (Å²) in [6.45, 7) is 0. The monoisotopic (exact) mass is 398 g/mol. The van der Waals surface area contributed by atoms with Crippen molar-refractivity contribution in [1.29, 1.82) is 0 Å². The Balaban J connectivity index is 0.000000224. The summed E-state index contributed by atoms with van der Waals surface area (Å²) in [4.78, 5) is 29.2. The van der Waals surface area contributed by atoms with E-state index in [-0.39, 0.29) is 15.7 Å². The van der Waals surface area contributed by atoms with Gasteiger partial charge in [-0.3, -0.25) is 0 Å². The van der Waals surface area contributed by atoms with Crippen molar-refractivity contribution in [2.45, 2.75) is 16.4 Å². The summed E-state index contributed by atoms with van der Waals surface area (Å²) in [6, 6.07) is 6.57. The van der Waals surface area contributed by atoms with Gasteiger partial charge in [0.2, 0.25) is 0 Å². The average molecular weight is 398 g/mol. The molecule has 0 bridgehead atoms. The Morgan fingerprint density at radius 2 is 1.64 bits per heavy atom. The third kappa shape index (κ3) is 5.48. The van der Waals surface area contributed by atoms with E-state index >= 15 is 0 Å². The molecule has 0 spiro atoms. The first kappa shape index (κ1) is 18.7. The molecule has 0 atom stereocenters. The van der Waals surface area contributed by atoms with Gasteiger partial charge in [-0.15, -0.1) is 12.6 Å². The van der Waals surface area contributed by atoms with E-state index < -0.39 is 20.6 Å². The quantitative estimate of drug-likeness (QED) is 0.546. The van der Waals surface area contributed by atoms with Crippen molar-refractivity contribution in [3.8, 4) is 0 Å². The van der Waals surface area contributed by atoms with Crippen LogP contribution < -0.4 is 4.48 Å². The third-order valence-electron chi connectivity index (χ3n) is 2.46. The summed E-state index contributed by atoms with van der Waals surface area (Å²) in [5.74, 6) is -1.00. The van der Waals surface area contributed by atoms with Crippen molar-refractivity contribution in [1.82, 2.24) is 9.97 Å². The van der Waals surface area contributed by atoms with E-state index in [1.165, 1.54) is 12.3 Å². The minimum absolute atomic E-state index is 0.130. The first-order valence-corrected chi connectivity index (χ1v) is 11.7. The van der Waals surface area contributed by atoms with E-state index in [1.54, 1.807) is 24.4 Å². The topological polar surface area (TPSA) is 80.2 Å². The van der Waals surface area contributed by atoms with Gasteiger partial charge in [0.25, 0.3) is 0 Å². The van der Waals surface area contributed by atoms with E-state index in [0.717, 1.165) is 4.48 Å². The van der Waals surface area contributed by atoms with Crippen molar-refractivity contribution in [2.24, 2.45) is 0 Å². The SMILES string of the molecule is C[As](C)c1ncccc1C(=O)S.O=C(O)c1cccnc1S. The molecular formula is C14H15AsN2O3S2. The molecule has 0 fully saturated rings. The van der Waals surface area contributed by atoms with E-state index in [4.69, 9.17) is 5.11 Å². The van der Waals surface area contributed by atoms with Crippen LogP contribution in [0.5, 0.6) is 0 Å². The predicted molar refractivity (Wildman–Crippen MR) is 93.1 cm³/mol. The number of hydrogen-bond acceptors (Lipinski definition) is 5. The number of aromatic carboxylic acids is 1. The second-order valence-corrected chi connectivity index (χ2v) is 9.73. The van der Waals surface area contributed by atoms with Gasteiger partial charge in [-0.2, -0.15) is 0 Å². The molecule has 0 aliphatic rings. The maximum absolute atomic E-state index is 11.0. The smallest absolute Gasteiger partial charge is 0.338 e. The normalized spacial score (nSPS) is 9.86. The molecule has 0 aliphatic carbocycles. The zero-order valence-corrected chi connectivity index (χ0v) is 15.6. The molecule has 2 rings (SSSR count). The van der Waals surface area contributed by atoms with Crippen molar-refractivity contribution < 1.29 is 14.7 Å². The zero-order chi connectivity index (χ0) is 16.7. The molecule has 0 saturated heterocycles. The zero-order valence-electron chi connectivity index (χ0n) is 12.0. The fourth-order valence-electron chi connectivity index (χ4n) is 1.48. The van der Waals surface area contributed by atoms with Crippen LogP contribution >= 0.6 is 25.3 Å². The molecule has 116 valence electrons. The van der Waals surface area contributed by atoms with Crippen LogP contribution in [0.2, 0.25) is 11.4 Å². The Hall–Kier alpha value is -1.30. The first-order valence-electron chi connectivity index (χ1n) is 6.07. The summed E-state index contributed by atoms with van der Waals surface area (Å²) >= 11 is 6.57. The number of carbonyl (C=O) groups is 2. The van der Waals surface area contributed by atoms with Crippen molar-refractivity contribution in [3.05, 3.63) is 47.8 Å².